The highest BCUT2D eigenvalue weighted by molar-refractivity contribution is 7.54. The highest BCUT2D eigenvalue weighted by atomic mass is 31.2. The Balaban J connectivity index is 6.42. The molecule has 0 radical (unpaired) electrons. The monoisotopic (exact) mass is 454 g/mol. The zero-order valence-electron chi connectivity index (χ0n) is 19.3. The fourth-order valence-electron chi connectivity index (χ4n) is 2.67. The topological polar surface area (TPSA) is 140 Å². The maximum Gasteiger partial charge on any atom is 0.372 e. The molecule has 0 amide bonds. The summed E-state index contributed by atoms with van der Waals surface area (Å²) in [5, 5.41) is 6.62. The Kier molecular flexibility index (Phi) is 11.7. The Morgan fingerprint density at radius 3 is 1.73 bits per heavy atom. The molecule has 3 N–H and O–H groups in total. The van der Waals surface area contributed by atoms with Crippen LogP contribution in [0, 0.1) is 23.7 Å². The minimum absolute atomic E-state index is 0.138. The van der Waals surface area contributed by atoms with Crippen LogP contribution in [0.4, 0.5) is 0 Å². The van der Waals surface area contributed by atoms with E-state index >= 15 is 0 Å². The molecule has 0 aromatic rings. The molecule has 0 aromatic heterocycles. The molecule has 9 nitrogen and oxygen atoms in total. The van der Waals surface area contributed by atoms with Crippen molar-refractivity contribution in [2.45, 2.75) is 79.4 Å². The standard InChI is InChI=1S/C20H39O9P/c1-12(2)9-16(15(7)8)29-19(23)20(30(24,25)26,28-11-14(5)6)17(18(21)22)27-10-13(3)4/h12-17H,9-11H2,1-8H3,(H,21,22)(H2,24,25,26). The van der Waals surface area contributed by atoms with Crippen molar-refractivity contribution in [3.63, 3.8) is 0 Å². The number of hydrogen-bond acceptors (Lipinski definition) is 6. The lowest BCUT2D eigenvalue weighted by Gasteiger charge is -2.38. The van der Waals surface area contributed by atoms with Gasteiger partial charge in [0.1, 0.15) is 6.10 Å². The van der Waals surface area contributed by atoms with Gasteiger partial charge in [-0.25, -0.2) is 9.59 Å². The first-order chi connectivity index (χ1) is 13.6. The predicted molar refractivity (Wildman–Crippen MR) is 112 cm³/mol. The van der Waals surface area contributed by atoms with Crippen LogP contribution in [0.1, 0.15) is 61.8 Å². The first kappa shape index (κ1) is 29.0. The number of carbonyl (C=O) groups is 2. The summed E-state index contributed by atoms with van der Waals surface area (Å²) in [6.45, 7) is 13.9. The van der Waals surface area contributed by atoms with Gasteiger partial charge in [0.25, 0.3) is 0 Å². The van der Waals surface area contributed by atoms with Gasteiger partial charge in [0.2, 0.25) is 6.10 Å². The van der Waals surface area contributed by atoms with Crippen LogP contribution >= 0.6 is 7.60 Å². The molecule has 0 saturated carbocycles. The van der Waals surface area contributed by atoms with Crippen molar-refractivity contribution in [2.24, 2.45) is 23.7 Å². The van der Waals surface area contributed by atoms with Crippen LogP contribution in [-0.2, 0) is 28.4 Å². The maximum atomic E-state index is 13.2. The van der Waals surface area contributed by atoms with Crippen LogP contribution in [0.5, 0.6) is 0 Å². The molecular formula is C20H39O9P. The van der Waals surface area contributed by atoms with E-state index in [0.717, 1.165) is 0 Å². The predicted octanol–water partition coefficient (Wildman–Crippen LogP) is 3.27. The molecule has 0 aromatic carbocycles. The van der Waals surface area contributed by atoms with Crippen LogP contribution in [0.25, 0.3) is 0 Å². The van der Waals surface area contributed by atoms with Gasteiger partial charge in [-0.2, -0.15) is 0 Å². The van der Waals surface area contributed by atoms with Gasteiger partial charge >= 0.3 is 24.9 Å². The van der Waals surface area contributed by atoms with Crippen molar-refractivity contribution in [3.05, 3.63) is 0 Å². The minimum atomic E-state index is -5.51. The van der Waals surface area contributed by atoms with E-state index in [4.69, 9.17) is 14.2 Å². The minimum Gasteiger partial charge on any atom is -0.479 e. The van der Waals surface area contributed by atoms with Crippen molar-refractivity contribution in [1.82, 2.24) is 0 Å². The molecule has 0 aliphatic carbocycles. The van der Waals surface area contributed by atoms with Crippen LogP contribution in [0.15, 0.2) is 0 Å². The Morgan fingerprint density at radius 1 is 0.900 bits per heavy atom. The summed E-state index contributed by atoms with van der Waals surface area (Å²) in [4.78, 5) is 45.6. The van der Waals surface area contributed by atoms with Gasteiger partial charge in [-0.05, 0) is 30.1 Å². The highest BCUT2D eigenvalue weighted by Crippen LogP contribution is 2.55. The molecule has 178 valence electrons. The molecule has 3 unspecified atom stereocenters. The largest absolute Gasteiger partial charge is 0.479 e. The summed E-state index contributed by atoms with van der Waals surface area (Å²) in [6, 6.07) is 0. The van der Waals surface area contributed by atoms with E-state index in [9.17, 15) is 29.0 Å². The van der Waals surface area contributed by atoms with E-state index in [1.807, 2.05) is 13.8 Å². The normalized spacial score (nSPS) is 16.7. The summed E-state index contributed by atoms with van der Waals surface area (Å²) >= 11 is 0. The van der Waals surface area contributed by atoms with E-state index in [2.05, 4.69) is 0 Å². The van der Waals surface area contributed by atoms with E-state index in [1.54, 1.807) is 41.5 Å². The zero-order valence-corrected chi connectivity index (χ0v) is 20.2. The third kappa shape index (κ3) is 8.27. The molecule has 0 aliphatic heterocycles. The molecule has 0 aliphatic rings. The summed E-state index contributed by atoms with van der Waals surface area (Å²) < 4.78 is 28.8. The number of carbonyl (C=O) groups excluding carboxylic acids is 1. The van der Waals surface area contributed by atoms with Gasteiger partial charge in [0.15, 0.2) is 0 Å². The second-order valence-corrected chi connectivity index (χ2v) is 11.0. The smallest absolute Gasteiger partial charge is 0.372 e. The molecule has 3 atom stereocenters. The molecule has 0 rings (SSSR count). The fourth-order valence-corrected chi connectivity index (χ4v) is 3.70. The second-order valence-electron chi connectivity index (χ2n) is 9.21. The maximum absolute atomic E-state index is 13.2. The molecule has 0 spiro atoms. The fraction of sp³-hybridized carbons (Fsp3) is 0.900. The number of esters is 1. The third-order valence-corrected chi connectivity index (χ3v) is 5.66. The van der Waals surface area contributed by atoms with Gasteiger partial charge in [0, 0.05) is 0 Å². The first-order valence-electron chi connectivity index (χ1n) is 10.3. The summed E-state index contributed by atoms with van der Waals surface area (Å²) in [6.07, 6.45) is -2.47. The highest BCUT2D eigenvalue weighted by Gasteiger charge is 2.66. The van der Waals surface area contributed by atoms with E-state index in [1.165, 1.54) is 0 Å². The number of rotatable bonds is 14. The molecule has 0 fully saturated rings. The summed E-state index contributed by atoms with van der Waals surface area (Å²) in [5.74, 6) is -3.54. The van der Waals surface area contributed by atoms with Crippen LogP contribution < -0.4 is 0 Å². The van der Waals surface area contributed by atoms with Crippen LogP contribution in [-0.4, -0.2) is 57.6 Å². The number of aliphatic carboxylic acids is 1. The lowest BCUT2D eigenvalue weighted by atomic mass is 9.97. The number of carboxylic acids is 1. The third-order valence-electron chi connectivity index (χ3n) is 4.24. The molecule has 0 saturated heterocycles. The van der Waals surface area contributed by atoms with Crippen molar-refractivity contribution < 1.29 is 43.3 Å². The molecule has 10 heteroatoms. The van der Waals surface area contributed by atoms with Crippen LogP contribution in [0.3, 0.4) is 0 Å². The van der Waals surface area contributed by atoms with Crippen molar-refractivity contribution >= 4 is 19.5 Å². The molecular weight excluding hydrogens is 415 g/mol. The van der Waals surface area contributed by atoms with Gasteiger partial charge in [-0.3, -0.25) is 4.57 Å². The average molecular weight is 454 g/mol. The van der Waals surface area contributed by atoms with Gasteiger partial charge < -0.3 is 29.1 Å². The Morgan fingerprint density at radius 2 is 1.40 bits per heavy atom. The summed E-state index contributed by atoms with van der Waals surface area (Å²) in [5.41, 5.74) is 0. The Bertz CT molecular complexity index is 597. The van der Waals surface area contributed by atoms with Crippen LogP contribution in [0.2, 0.25) is 0 Å². The summed E-state index contributed by atoms with van der Waals surface area (Å²) in [7, 11) is -5.51. The average Bonchev–Trinajstić information content (AvgIpc) is 2.54. The molecule has 30 heavy (non-hydrogen) atoms. The Labute approximate surface area is 179 Å². The second kappa shape index (κ2) is 12.2. The Hall–Kier alpha value is -0.990. The SMILES string of the molecule is CC(C)COC(C(=O)O)C(OCC(C)C)(C(=O)OC(CC(C)C)C(C)C)P(=O)(O)O. The van der Waals surface area contributed by atoms with Gasteiger partial charge in [0.05, 0.1) is 13.2 Å². The van der Waals surface area contributed by atoms with E-state index in [0.29, 0.717) is 6.42 Å². The molecule has 0 bridgehead atoms. The molecule has 0 heterocycles. The van der Waals surface area contributed by atoms with Crippen molar-refractivity contribution in [3.8, 4) is 0 Å². The van der Waals surface area contributed by atoms with Crippen molar-refractivity contribution in [1.29, 1.82) is 0 Å². The first-order valence-corrected chi connectivity index (χ1v) is 11.9. The lowest BCUT2D eigenvalue weighted by molar-refractivity contribution is -0.198. The zero-order chi connectivity index (χ0) is 23.9. The number of carboxylic acid groups (broad SMARTS) is 1. The quantitative estimate of drug-likeness (QED) is 0.266. The van der Waals surface area contributed by atoms with Crippen molar-refractivity contribution in [2.75, 3.05) is 13.2 Å². The van der Waals surface area contributed by atoms with Gasteiger partial charge in [-0.1, -0.05) is 55.4 Å². The number of hydrogen-bond donors (Lipinski definition) is 3. The van der Waals surface area contributed by atoms with E-state index < -0.39 is 37.1 Å². The van der Waals surface area contributed by atoms with Gasteiger partial charge in [-0.15, -0.1) is 0 Å². The van der Waals surface area contributed by atoms with E-state index in [-0.39, 0.29) is 36.9 Å². The lowest BCUT2D eigenvalue weighted by Crippen LogP contribution is -2.58. The number of ether oxygens (including phenoxy) is 3.